The van der Waals surface area contributed by atoms with Crippen LogP contribution in [0.5, 0.6) is 0 Å². The first-order valence-corrected chi connectivity index (χ1v) is 11.2. The summed E-state index contributed by atoms with van der Waals surface area (Å²) in [4.78, 5) is 13.0. The van der Waals surface area contributed by atoms with Gasteiger partial charge in [-0.15, -0.1) is 0 Å². The molecule has 2 N–H and O–H groups in total. The Morgan fingerprint density at radius 3 is 2.60 bits per heavy atom. The van der Waals surface area contributed by atoms with Gasteiger partial charge in [0.2, 0.25) is 0 Å². The minimum atomic E-state index is -2.64. The number of nitrogens with one attached hydrogen (secondary N) is 2. The molecule has 1 aliphatic heterocycles. The van der Waals surface area contributed by atoms with E-state index in [9.17, 15) is 18.0 Å². The summed E-state index contributed by atoms with van der Waals surface area (Å²) < 4.78 is 43.7. The molecule has 2 aromatic heterocycles. The van der Waals surface area contributed by atoms with Crippen molar-refractivity contribution >= 4 is 17.5 Å². The number of carbonyl (C=O) groups excluding carboxylic acids is 1. The van der Waals surface area contributed by atoms with Gasteiger partial charge in [-0.05, 0) is 36.6 Å². The Bertz CT molecular complexity index is 1330. The SMILES string of the molecule is Cc1ccc([C@@H]2C[C@@H](C(F)F)n3ncc(C(=O)Nc4ccn(Cc5ccc(F)cc5)n4)c3N2)cc1. The number of benzene rings is 2. The Hall–Kier alpha value is -4.08. The fraction of sp³-hybridized carbons (Fsp3) is 0.240. The number of hydrogen-bond donors (Lipinski definition) is 2. The second-order valence-corrected chi connectivity index (χ2v) is 8.58. The fourth-order valence-corrected chi connectivity index (χ4v) is 4.19. The van der Waals surface area contributed by atoms with Gasteiger partial charge >= 0.3 is 0 Å². The molecule has 7 nitrogen and oxygen atoms in total. The van der Waals surface area contributed by atoms with Crippen LogP contribution < -0.4 is 10.6 Å². The molecule has 2 atom stereocenters. The lowest BCUT2D eigenvalue weighted by atomic mass is 9.96. The standard InChI is InChI=1S/C25H23F3N6O/c1-15-2-6-17(7-3-15)20-12-21(23(27)28)34-24(30-20)19(13-29-34)25(35)31-22-10-11-33(32-22)14-16-4-8-18(26)9-5-16/h2-11,13,20-21,23,30H,12,14H2,1H3,(H,31,32,35)/t20-,21-/m0/s1. The summed E-state index contributed by atoms with van der Waals surface area (Å²) in [5.41, 5.74) is 2.93. The Kier molecular flexibility index (Phi) is 6.02. The van der Waals surface area contributed by atoms with Gasteiger partial charge in [-0.1, -0.05) is 42.0 Å². The van der Waals surface area contributed by atoms with Crippen LogP contribution in [0.1, 0.15) is 45.6 Å². The highest BCUT2D eigenvalue weighted by Crippen LogP contribution is 2.39. The number of anilines is 2. The first-order valence-electron chi connectivity index (χ1n) is 11.2. The molecular weight excluding hydrogens is 457 g/mol. The fourth-order valence-electron chi connectivity index (χ4n) is 4.19. The average molecular weight is 480 g/mol. The van der Waals surface area contributed by atoms with E-state index in [0.29, 0.717) is 12.4 Å². The number of alkyl halides is 2. The van der Waals surface area contributed by atoms with Crippen LogP contribution in [0.2, 0.25) is 0 Å². The van der Waals surface area contributed by atoms with Gasteiger partial charge in [-0.25, -0.2) is 17.9 Å². The van der Waals surface area contributed by atoms with Gasteiger partial charge in [0.15, 0.2) is 5.82 Å². The van der Waals surface area contributed by atoms with E-state index < -0.39 is 18.4 Å². The van der Waals surface area contributed by atoms with Crippen LogP contribution in [0.15, 0.2) is 67.0 Å². The number of aryl methyl sites for hydroxylation is 1. The second-order valence-electron chi connectivity index (χ2n) is 8.58. The maximum atomic E-state index is 13.9. The summed E-state index contributed by atoms with van der Waals surface area (Å²) in [6.45, 7) is 2.35. The van der Waals surface area contributed by atoms with E-state index in [1.165, 1.54) is 23.0 Å². The number of nitrogens with zero attached hydrogens (tertiary/aromatic N) is 4. The van der Waals surface area contributed by atoms with Gasteiger partial charge in [-0.2, -0.15) is 10.2 Å². The molecule has 0 bridgehead atoms. The summed E-state index contributed by atoms with van der Waals surface area (Å²) in [6.07, 6.45) is 0.483. The van der Waals surface area contributed by atoms with Gasteiger partial charge in [0, 0.05) is 12.3 Å². The summed E-state index contributed by atoms with van der Waals surface area (Å²) in [5.74, 6) is -0.286. The molecule has 0 saturated carbocycles. The van der Waals surface area contributed by atoms with Crippen molar-refractivity contribution in [3.8, 4) is 0 Å². The highest BCUT2D eigenvalue weighted by Gasteiger charge is 2.36. The van der Waals surface area contributed by atoms with E-state index in [0.717, 1.165) is 16.7 Å². The third-order valence-corrected chi connectivity index (χ3v) is 6.05. The predicted octanol–water partition coefficient (Wildman–Crippen LogP) is 5.19. The zero-order valence-corrected chi connectivity index (χ0v) is 18.8. The Balaban J connectivity index is 1.35. The van der Waals surface area contributed by atoms with Gasteiger partial charge in [0.25, 0.3) is 12.3 Å². The molecule has 2 aromatic carbocycles. The molecule has 3 heterocycles. The molecule has 0 radical (unpaired) electrons. The van der Waals surface area contributed by atoms with Crippen LogP contribution in [-0.2, 0) is 6.54 Å². The van der Waals surface area contributed by atoms with Crippen molar-refractivity contribution in [3.63, 3.8) is 0 Å². The lowest BCUT2D eigenvalue weighted by Crippen LogP contribution is -2.31. The van der Waals surface area contributed by atoms with E-state index in [1.807, 2.05) is 31.2 Å². The largest absolute Gasteiger partial charge is 0.363 e. The summed E-state index contributed by atoms with van der Waals surface area (Å²) in [5, 5.41) is 14.3. The van der Waals surface area contributed by atoms with Crippen LogP contribution in [-0.4, -0.2) is 31.9 Å². The molecule has 1 aliphatic rings. The van der Waals surface area contributed by atoms with Crippen molar-refractivity contribution in [1.29, 1.82) is 0 Å². The topological polar surface area (TPSA) is 76.8 Å². The van der Waals surface area contributed by atoms with Crippen molar-refractivity contribution in [3.05, 3.63) is 95.1 Å². The number of carbonyl (C=O) groups is 1. The monoisotopic (exact) mass is 480 g/mol. The normalized spacial score (nSPS) is 17.2. The first kappa shape index (κ1) is 22.7. The van der Waals surface area contributed by atoms with E-state index in [2.05, 4.69) is 20.8 Å². The van der Waals surface area contributed by atoms with Crippen molar-refractivity contribution in [2.45, 2.75) is 38.4 Å². The minimum Gasteiger partial charge on any atom is -0.363 e. The maximum absolute atomic E-state index is 13.9. The number of fused-ring (bicyclic) bond motifs is 1. The predicted molar refractivity (Wildman–Crippen MR) is 125 cm³/mol. The molecule has 0 fully saturated rings. The molecule has 0 aliphatic carbocycles. The number of amides is 1. The molecule has 5 rings (SSSR count). The number of halogens is 3. The van der Waals surface area contributed by atoms with E-state index >= 15 is 0 Å². The quantitative estimate of drug-likeness (QED) is 0.398. The third kappa shape index (κ3) is 4.77. The van der Waals surface area contributed by atoms with Gasteiger partial charge < -0.3 is 10.6 Å². The smallest absolute Gasteiger partial charge is 0.262 e. The summed E-state index contributed by atoms with van der Waals surface area (Å²) >= 11 is 0. The molecule has 0 unspecified atom stereocenters. The van der Waals surface area contributed by atoms with E-state index in [-0.39, 0.29) is 29.7 Å². The highest BCUT2D eigenvalue weighted by molar-refractivity contribution is 6.07. The third-order valence-electron chi connectivity index (χ3n) is 6.05. The van der Waals surface area contributed by atoms with Gasteiger partial charge in [0.1, 0.15) is 23.2 Å². The number of hydrogen-bond acceptors (Lipinski definition) is 4. The molecule has 1 amide bonds. The van der Waals surface area contributed by atoms with Crippen molar-refractivity contribution in [1.82, 2.24) is 19.6 Å². The molecule has 180 valence electrons. The van der Waals surface area contributed by atoms with Gasteiger partial charge in [0.05, 0.1) is 18.8 Å². The molecule has 35 heavy (non-hydrogen) atoms. The van der Waals surface area contributed by atoms with Crippen LogP contribution >= 0.6 is 0 Å². The maximum Gasteiger partial charge on any atom is 0.262 e. The molecule has 0 spiro atoms. The van der Waals surface area contributed by atoms with Gasteiger partial charge in [-0.3, -0.25) is 9.48 Å². The summed E-state index contributed by atoms with van der Waals surface area (Å²) in [7, 11) is 0. The van der Waals surface area contributed by atoms with Crippen LogP contribution in [0.3, 0.4) is 0 Å². The van der Waals surface area contributed by atoms with E-state index in [1.54, 1.807) is 29.1 Å². The Morgan fingerprint density at radius 2 is 1.89 bits per heavy atom. The molecule has 0 saturated heterocycles. The highest BCUT2D eigenvalue weighted by atomic mass is 19.3. The van der Waals surface area contributed by atoms with Crippen molar-refractivity contribution in [2.24, 2.45) is 0 Å². The minimum absolute atomic E-state index is 0.143. The van der Waals surface area contributed by atoms with Crippen molar-refractivity contribution in [2.75, 3.05) is 10.6 Å². The lowest BCUT2D eigenvalue weighted by Gasteiger charge is -2.32. The van der Waals surface area contributed by atoms with Crippen LogP contribution in [0, 0.1) is 12.7 Å². The number of rotatable bonds is 6. The zero-order chi connectivity index (χ0) is 24.5. The molecule has 10 heteroatoms. The van der Waals surface area contributed by atoms with Crippen LogP contribution in [0.25, 0.3) is 0 Å². The second kappa shape index (κ2) is 9.28. The Morgan fingerprint density at radius 1 is 1.14 bits per heavy atom. The lowest BCUT2D eigenvalue weighted by molar-refractivity contribution is 0.0657. The Labute approximate surface area is 199 Å². The number of aromatic nitrogens is 4. The molecule has 4 aromatic rings. The first-order chi connectivity index (χ1) is 16.9. The van der Waals surface area contributed by atoms with Crippen molar-refractivity contribution < 1.29 is 18.0 Å². The van der Waals surface area contributed by atoms with Crippen LogP contribution in [0.4, 0.5) is 24.8 Å². The summed E-state index contributed by atoms with van der Waals surface area (Å²) in [6, 6.07) is 13.8. The molecular formula is C25H23F3N6O. The average Bonchev–Trinajstić information content (AvgIpc) is 3.47. The van der Waals surface area contributed by atoms with E-state index in [4.69, 9.17) is 0 Å². The zero-order valence-electron chi connectivity index (χ0n) is 18.8.